The van der Waals surface area contributed by atoms with Gasteiger partial charge in [-0.1, -0.05) is 57.2 Å². The van der Waals surface area contributed by atoms with E-state index >= 15 is 0 Å². The van der Waals surface area contributed by atoms with Crippen LogP contribution >= 0.6 is 12.2 Å². The molecule has 0 unspecified atom stereocenters. The van der Waals surface area contributed by atoms with E-state index in [1.54, 1.807) is 0 Å². The minimum atomic E-state index is 0.308. The summed E-state index contributed by atoms with van der Waals surface area (Å²) in [6, 6.07) is 17.2. The topological polar surface area (TPSA) is 39.1 Å². The van der Waals surface area contributed by atoms with Crippen molar-refractivity contribution in [3.8, 4) is 6.07 Å². The monoisotopic (exact) mass is 379 g/mol. The number of hydrogen-bond acceptors (Lipinski definition) is 2. The zero-order valence-corrected chi connectivity index (χ0v) is 17.4. The molecule has 0 heterocycles. The van der Waals surface area contributed by atoms with Crippen molar-refractivity contribution in [2.75, 3.05) is 11.9 Å². The molecule has 2 atom stereocenters. The van der Waals surface area contributed by atoms with E-state index < -0.39 is 0 Å². The molecule has 0 spiro atoms. The molecule has 0 aromatic heterocycles. The zero-order valence-electron chi connectivity index (χ0n) is 16.5. The van der Waals surface area contributed by atoms with Gasteiger partial charge in [0.2, 0.25) is 0 Å². The van der Waals surface area contributed by atoms with E-state index in [1.807, 2.05) is 0 Å². The maximum atomic E-state index is 9.14. The van der Waals surface area contributed by atoms with Gasteiger partial charge in [0.1, 0.15) is 0 Å². The zero-order chi connectivity index (χ0) is 19.4. The largest absolute Gasteiger partial charge is 0.345 e. The maximum Gasteiger partial charge on any atom is 0.173 e. The summed E-state index contributed by atoms with van der Waals surface area (Å²) in [7, 11) is 0. The Bertz CT molecular complexity index is 847. The number of nitrogens with one attached hydrogen (secondary N) is 1. The first-order valence-corrected chi connectivity index (χ1v) is 10.2. The van der Waals surface area contributed by atoms with Crippen LogP contribution in [0, 0.1) is 22.7 Å². The van der Waals surface area contributed by atoms with Crippen molar-refractivity contribution in [2.45, 2.75) is 52.5 Å². The smallest absolute Gasteiger partial charge is 0.173 e. The second kappa shape index (κ2) is 8.27. The molecule has 1 N–H and O–H groups in total. The van der Waals surface area contributed by atoms with Crippen molar-refractivity contribution >= 4 is 33.8 Å². The van der Waals surface area contributed by atoms with Crippen LogP contribution in [-0.4, -0.2) is 22.6 Å². The highest BCUT2D eigenvalue weighted by Crippen LogP contribution is 2.40. The molecule has 27 heavy (non-hydrogen) atoms. The predicted molar refractivity (Wildman–Crippen MR) is 118 cm³/mol. The molecule has 0 saturated heterocycles. The van der Waals surface area contributed by atoms with Crippen molar-refractivity contribution < 1.29 is 0 Å². The standard InChI is InChI=1S/C23H29N3S/c1-17-14-19(16-23(2,3)15-17)26(13-7-12-24)22(27)25-21-11-6-9-18-8-4-5-10-20(18)21/h4-6,8-11,17,19H,7,13-16H2,1-3H3,(H,25,27)/t17-,19+/m1/s1. The van der Waals surface area contributed by atoms with Gasteiger partial charge in [-0.3, -0.25) is 0 Å². The second-order valence-corrected chi connectivity index (χ2v) is 9.01. The van der Waals surface area contributed by atoms with E-state index in [4.69, 9.17) is 17.5 Å². The van der Waals surface area contributed by atoms with E-state index in [0.717, 1.165) is 23.6 Å². The van der Waals surface area contributed by atoms with Gasteiger partial charge >= 0.3 is 0 Å². The third-order valence-electron chi connectivity index (χ3n) is 5.56. The minimum absolute atomic E-state index is 0.308. The molecular formula is C23H29N3S. The van der Waals surface area contributed by atoms with E-state index in [1.165, 1.54) is 17.2 Å². The number of hydrogen-bond donors (Lipinski definition) is 1. The van der Waals surface area contributed by atoms with Gasteiger partial charge in [0, 0.05) is 23.7 Å². The van der Waals surface area contributed by atoms with Crippen LogP contribution in [0.2, 0.25) is 0 Å². The molecule has 2 aromatic rings. The number of benzene rings is 2. The molecule has 3 nitrogen and oxygen atoms in total. The van der Waals surface area contributed by atoms with Crippen LogP contribution in [0.4, 0.5) is 5.69 Å². The Kier molecular flexibility index (Phi) is 6.01. The van der Waals surface area contributed by atoms with Crippen molar-refractivity contribution in [2.24, 2.45) is 11.3 Å². The molecule has 1 aliphatic rings. The van der Waals surface area contributed by atoms with Gasteiger partial charge in [0.25, 0.3) is 0 Å². The quantitative estimate of drug-likeness (QED) is 0.665. The van der Waals surface area contributed by atoms with E-state index in [0.29, 0.717) is 30.3 Å². The van der Waals surface area contributed by atoms with Gasteiger partial charge in [-0.15, -0.1) is 0 Å². The fraction of sp³-hybridized carbons (Fsp3) is 0.478. The summed E-state index contributed by atoms with van der Waals surface area (Å²) in [5.41, 5.74) is 1.34. The number of rotatable bonds is 4. The van der Waals surface area contributed by atoms with E-state index in [2.05, 4.69) is 79.5 Å². The highest BCUT2D eigenvalue weighted by molar-refractivity contribution is 7.80. The maximum absolute atomic E-state index is 9.14. The van der Waals surface area contributed by atoms with Crippen LogP contribution in [0.5, 0.6) is 0 Å². The molecular weight excluding hydrogens is 350 g/mol. The summed E-state index contributed by atoms with van der Waals surface area (Å²) in [4.78, 5) is 2.26. The lowest BCUT2D eigenvalue weighted by atomic mass is 9.70. The lowest BCUT2D eigenvalue weighted by Gasteiger charge is -2.44. The summed E-state index contributed by atoms with van der Waals surface area (Å²) in [6.07, 6.45) is 3.98. The number of fused-ring (bicyclic) bond motifs is 1. The van der Waals surface area contributed by atoms with Crippen molar-refractivity contribution in [3.05, 3.63) is 42.5 Å². The average molecular weight is 380 g/mol. The lowest BCUT2D eigenvalue weighted by Crippen LogP contribution is -2.48. The summed E-state index contributed by atoms with van der Waals surface area (Å²) in [5, 5.41) is 15.7. The Morgan fingerprint density at radius 1 is 1.22 bits per heavy atom. The average Bonchev–Trinajstić information content (AvgIpc) is 2.61. The number of nitrogens with zero attached hydrogens (tertiary/aromatic N) is 2. The minimum Gasteiger partial charge on any atom is -0.345 e. The first kappa shape index (κ1) is 19.6. The Morgan fingerprint density at radius 2 is 1.96 bits per heavy atom. The van der Waals surface area contributed by atoms with Crippen LogP contribution in [0.1, 0.15) is 46.5 Å². The van der Waals surface area contributed by atoms with Crippen LogP contribution in [-0.2, 0) is 0 Å². The number of anilines is 1. The molecule has 0 aliphatic heterocycles. The van der Waals surface area contributed by atoms with E-state index in [-0.39, 0.29) is 0 Å². The third kappa shape index (κ3) is 4.78. The fourth-order valence-corrected chi connectivity index (χ4v) is 5.03. The van der Waals surface area contributed by atoms with Gasteiger partial charge in [-0.05, 0) is 54.3 Å². The highest BCUT2D eigenvalue weighted by atomic mass is 32.1. The summed E-state index contributed by atoms with van der Waals surface area (Å²) < 4.78 is 0. The molecule has 0 bridgehead atoms. The number of thiocarbonyl (C=S) groups is 1. The van der Waals surface area contributed by atoms with Crippen LogP contribution < -0.4 is 5.32 Å². The molecule has 3 rings (SSSR count). The van der Waals surface area contributed by atoms with Crippen LogP contribution in [0.3, 0.4) is 0 Å². The van der Waals surface area contributed by atoms with Crippen molar-refractivity contribution in [1.82, 2.24) is 4.90 Å². The Labute approximate surface area is 168 Å². The second-order valence-electron chi connectivity index (χ2n) is 8.63. The molecule has 4 heteroatoms. The normalized spacial score (nSPS) is 21.4. The summed E-state index contributed by atoms with van der Waals surface area (Å²) >= 11 is 5.83. The predicted octanol–water partition coefficient (Wildman–Crippen LogP) is 5.97. The Hall–Kier alpha value is -2.12. The SMILES string of the molecule is C[C@@H]1C[C@H](N(CCC#N)C(=S)Nc2cccc3ccccc23)CC(C)(C)C1. The molecule has 1 saturated carbocycles. The molecule has 2 aromatic carbocycles. The van der Waals surface area contributed by atoms with Gasteiger partial charge < -0.3 is 10.2 Å². The summed E-state index contributed by atoms with van der Waals surface area (Å²) in [5.74, 6) is 0.670. The first-order valence-electron chi connectivity index (χ1n) is 9.82. The summed E-state index contributed by atoms with van der Waals surface area (Å²) in [6.45, 7) is 7.71. The number of nitriles is 1. The van der Waals surface area contributed by atoms with Gasteiger partial charge in [-0.2, -0.15) is 5.26 Å². The van der Waals surface area contributed by atoms with E-state index in [9.17, 15) is 0 Å². The van der Waals surface area contributed by atoms with Gasteiger partial charge in [0.05, 0.1) is 12.5 Å². The molecule has 142 valence electrons. The van der Waals surface area contributed by atoms with Crippen LogP contribution in [0.15, 0.2) is 42.5 Å². The van der Waals surface area contributed by atoms with Crippen molar-refractivity contribution in [1.29, 1.82) is 5.26 Å². The van der Waals surface area contributed by atoms with Crippen LogP contribution in [0.25, 0.3) is 10.8 Å². The Morgan fingerprint density at radius 3 is 2.70 bits per heavy atom. The fourth-order valence-electron chi connectivity index (χ4n) is 4.67. The van der Waals surface area contributed by atoms with Gasteiger partial charge in [0.15, 0.2) is 5.11 Å². The molecule has 1 fully saturated rings. The third-order valence-corrected chi connectivity index (χ3v) is 5.90. The van der Waals surface area contributed by atoms with Crippen molar-refractivity contribution in [3.63, 3.8) is 0 Å². The first-order chi connectivity index (χ1) is 12.9. The molecule has 1 aliphatic carbocycles. The van der Waals surface area contributed by atoms with Gasteiger partial charge in [-0.25, -0.2) is 0 Å². The molecule has 0 radical (unpaired) electrons. The lowest BCUT2D eigenvalue weighted by molar-refractivity contribution is 0.108. The highest BCUT2D eigenvalue weighted by Gasteiger charge is 2.35. The Balaban J connectivity index is 1.84. The molecule has 0 amide bonds.